The van der Waals surface area contributed by atoms with E-state index in [1.807, 2.05) is 12.1 Å². The van der Waals surface area contributed by atoms with Crippen molar-refractivity contribution in [3.8, 4) is 11.8 Å². The lowest BCUT2D eigenvalue weighted by atomic mass is 10.2. The summed E-state index contributed by atoms with van der Waals surface area (Å²) in [5.74, 6) is 1.44. The van der Waals surface area contributed by atoms with Crippen LogP contribution in [0, 0.1) is 11.3 Å². The molecule has 106 valence electrons. The Hall–Kier alpha value is -2.94. The number of nitriles is 1. The Morgan fingerprint density at radius 1 is 1.38 bits per heavy atom. The van der Waals surface area contributed by atoms with Crippen LogP contribution in [0.3, 0.4) is 0 Å². The lowest BCUT2D eigenvalue weighted by Gasteiger charge is -2.23. The first-order valence-electron chi connectivity index (χ1n) is 6.50. The van der Waals surface area contributed by atoms with E-state index in [4.69, 9.17) is 14.4 Å². The quantitative estimate of drug-likeness (QED) is 0.903. The Morgan fingerprint density at radius 3 is 3.00 bits per heavy atom. The van der Waals surface area contributed by atoms with Crippen molar-refractivity contribution in [2.24, 2.45) is 0 Å². The van der Waals surface area contributed by atoms with E-state index < -0.39 is 6.10 Å². The van der Waals surface area contributed by atoms with Gasteiger partial charge in [-0.2, -0.15) is 5.26 Å². The third-order valence-electron chi connectivity index (χ3n) is 3.15. The van der Waals surface area contributed by atoms with Gasteiger partial charge in [0, 0.05) is 5.69 Å². The highest BCUT2D eigenvalue weighted by Crippen LogP contribution is 2.32. The number of carbonyl (C=O) groups excluding carboxylic acids is 1. The maximum absolute atomic E-state index is 11.6. The van der Waals surface area contributed by atoms with Crippen LogP contribution in [0.4, 0.5) is 11.4 Å². The number of ether oxygens (including phenoxy) is 1. The molecule has 1 atom stereocenters. The molecule has 21 heavy (non-hydrogen) atoms. The number of benzene rings is 1. The summed E-state index contributed by atoms with van der Waals surface area (Å²) < 4.78 is 10.8. The number of rotatable bonds is 3. The van der Waals surface area contributed by atoms with Crippen LogP contribution < -0.4 is 15.4 Å². The molecule has 0 spiro atoms. The van der Waals surface area contributed by atoms with Crippen LogP contribution in [0.2, 0.25) is 0 Å². The number of hydrogen-bond acceptors (Lipinski definition) is 5. The smallest absolute Gasteiger partial charge is 0.265 e. The summed E-state index contributed by atoms with van der Waals surface area (Å²) in [7, 11) is 0. The molecule has 2 N–H and O–H groups in total. The number of carbonyl (C=O) groups is 1. The molecule has 0 bridgehead atoms. The van der Waals surface area contributed by atoms with Gasteiger partial charge in [-0.25, -0.2) is 0 Å². The average molecular weight is 283 g/mol. The topological polar surface area (TPSA) is 87.3 Å². The van der Waals surface area contributed by atoms with E-state index in [2.05, 4.69) is 10.6 Å². The SMILES string of the molecule is CC1Oc2ccc(NCc3ccc(C#N)o3)cc2NC1=O. The highest BCUT2D eigenvalue weighted by atomic mass is 16.5. The van der Waals surface area contributed by atoms with Crippen molar-refractivity contribution < 1.29 is 13.9 Å². The van der Waals surface area contributed by atoms with Crippen molar-refractivity contribution in [1.29, 1.82) is 5.26 Å². The van der Waals surface area contributed by atoms with E-state index in [0.29, 0.717) is 23.7 Å². The van der Waals surface area contributed by atoms with Gasteiger partial charge in [-0.15, -0.1) is 0 Å². The Morgan fingerprint density at radius 2 is 2.24 bits per heavy atom. The van der Waals surface area contributed by atoms with E-state index >= 15 is 0 Å². The highest BCUT2D eigenvalue weighted by Gasteiger charge is 2.23. The zero-order valence-corrected chi connectivity index (χ0v) is 11.3. The fourth-order valence-corrected chi connectivity index (χ4v) is 2.04. The van der Waals surface area contributed by atoms with Gasteiger partial charge in [0.25, 0.3) is 5.91 Å². The predicted octanol–water partition coefficient (Wildman–Crippen LogP) is 2.48. The number of amides is 1. The zero-order valence-electron chi connectivity index (χ0n) is 11.3. The van der Waals surface area contributed by atoms with Gasteiger partial charge in [0.1, 0.15) is 17.6 Å². The lowest BCUT2D eigenvalue weighted by molar-refractivity contribution is -0.122. The monoisotopic (exact) mass is 283 g/mol. The lowest BCUT2D eigenvalue weighted by Crippen LogP contribution is -2.34. The van der Waals surface area contributed by atoms with Gasteiger partial charge >= 0.3 is 0 Å². The van der Waals surface area contributed by atoms with Crippen LogP contribution in [-0.2, 0) is 11.3 Å². The fourth-order valence-electron chi connectivity index (χ4n) is 2.04. The summed E-state index contributed by atoms with van der Waals surface area (Å²) >= 11 is 0. The first kappa shape index (κ1) is 13.1. The molecule has 0 saturated heterocycles. The summed E-state index contributed by atoms with van der Waals surface area (Å²) in [6.07, 6.45) is -0.483. The van der Waals surface area contributed by atoms with Gasteiger partial charge in [0.15, 0.2) is 6.10 Å². The van der Waals surface area contributed by atoms with Crippen LogP contribution in [0.15, 0.2) is 34.7 Å². The Bertz CT molecular complexity index is 730. The van der Waals surface area contributed by atoms with Crippen LogP contribution in [0.5, 0.6) is 5.75 Å². The molecule has 3 rings (SSSR count). The molecular formula is C15H13N3O3. The summed E-state index contributed by atoms with van der Waals surface area (Å²) in [4.78, 5) is 11.6. The molecule has 1 unspecified atom stereocenters. The molecule has 0 aliphatic carbocycles. The molecule has 2 heterocycles. The maximum atomic E-state index is 11.6. The largest absolute Gasteiger partial charge is 0.479 e. The van der Waals surface area contributed by atoms with Crippen LogP contribution in [0.1, 0.15) is 18.4 Å². The second-order valence-electron chi connectivity index (χ2n) is 4.69. The van der Waals surface area contributed by atoms with Crippen LogP contribution in [0.25, 0.3) is 0 Å². The molecule has 6 heteroatoms. The molecule has 1 aromatic heterocycles. The van der Waals surface area contributed by atoms with Gasteiger partial charge in [-0.3, -0.25) is 4.79 Å². The standard InChI is InChI=1S/C15H13N3O3/c1-9-15(19)18-13-6-10(2-5-14(13)20-9)17-8-12-4-3-11(7-16)21-12/h2-6,9,17H,8H2,1H3,(H,18,19). The van der Waals surface area contributed by atoms with E-state index in [1.165, 1.54) is 0 Å². The molecule has 6 nitrogen and oxygen atoms in total. The fraction of sp³-hybridized carbons (Fsp3) is 0.200. The van der Waals surface area contributed by atoms with Gasteiger partial charge < -0.3 is 19.8 Å². The Labute approximate surface area is 121 Å². The first-order valence-corrected chi connectivity index (χ1v) is 6.50. The van der Waals surface area contributed by atoms with Crippen LogP contribution in [-0.4, -0.2) is 12.0 Å². The number of nitrogens with one attached hydrogen (secondary N) is 2. The van der Waals surface area contributed by atoms with Crippen molar-refractivity contribution in [2.45, 2.75) is 19.6 Å². The normalized spacial score (nSPS) is 16.4. The van der Waals surface area contributed by atoms with Gasteiger partial charge in [0.2, 0.25) is 5.76 Å². The van der Waals surface area contributed by atoms with Crippen molar-refractivity contribution in [1.82, 2.24) is 0 Å². The summed E-state index contributed by atoms with van der Waals surface area (Å²) in [5.41, 5.74) is 1.46. The van der Waals surface area contributed by atoms with Crippen molar-refractivity contribution in [2.75, 3.05) is 10.6 Å². The summed E-state index contributed by atoms with van der Waals surface area (Å²) in [6.45, 7) is 2.15. The van der Waals surface area contributed by atoms with E-state index in [-0.39, 0.29) is 11.7 Å². The molecule has 1 aliphatic heterocycles. The van der Waals surface area contributed by atoms with E-state index in [1.54, 1.807) is 31.2 Å². The third kappa shape index (κ3) is 2.67. The van der Waals surface area contributed by atoms with Crippen molar-refractivity contribution in [3.05, 3.63) is 41.9 Å². The third-order valence-corrected chi connectivity index (χ3v) is 3.15. The molecule has 1 aromatic carbocycles. The number of hydrogen-bond donors (Lipinski definition) is 2. The minimum absolute atomic E-state index is 0.163. The number of furan rings is 1. The van der Waals surface area contributed by atoms with Gasteiger partial charge in [0.05, 0.1) is 12.2 Å². The molecular weight excluding hydrogens is 270 g/mol. The summed E-state index contributed by atoms with van der Waals surface area (Å²) in [5, 5.41) is 14.7. The predicted molar refractivity (Wildman–Crippen MR) is 75.9 cm³/mol. The molecule has 2 aromatic rings. The van der Waals surface area contributed by atoms with Crippen molar-refractivity contribution in [3.63, 3.8) is 0 Å². The minimum atomic E-state index is -0.483. The molecule has 1 aliphatic rings. The number of anilines is 2. The summed E-state index contributed by atoms with van der Waals surface area (Å²) in [6, 6.07) is 10.8. The zero-order chi connectivity index (χ0) is 14.8. The number of fused-ring (bicyclic) bond motifs is 1. The number of nitrogens with zero attached hydrogens (tertiary/aromatic N) is 1. The minimum Gasteiger partial charge on any atom is -0.479 e. The van der Waals surface area contributed by atoms with E-state index in [0.717, 1.165) is 5.69 Å². The Kier molecular flexibility index (Phi) is 3.24. The van der Waals surface area contributed by atoms with Gasteiger partial charge in [-0.1, -0.05) is 0 Å². The average Bonchev–Trinajstić information content (AvgIpc) is 2.94. The molecule has 0 saturated carbocycles. The maximum Gasteiger partial charge on any atom is 0.265 e. The molecule has 0 radical (unpaired) electrons. The second kappa shape index (κ2) is 5.21. The highest BCUT2D eigenvalue weighted by molar-refractivity contribution is 5.98. The van der Waals surface area contributed by atoms with E-state index in [9.17, 15) is 4.79 Å². The first-order chi connectivity index (χ1) is 10.2. The second-order valence-corrected chi connectivity index (χ2v) is 4.69. The van der Waals surface area contributed by atoms with Crippen LogP contribution >= 0.6 is 0 Å². The van der Waals surface area contributed by atoms with Gasteiger partial charge in [-0.05, 0) is 37.3 Å². The molecule has 1 amide bonds. The van der Waals surface area contributed by atoms with Crippen molar-refractivity contribution >= 4 is 17.3 Å². The molecule has 0 fully saturated rings. The Balaban J connectivity index is 1.71.